The van der Waals surface area contributed by atoms with Crippen molar-refractivity contribution in [3.8, 4) is 0 Å². The van der Waals surface area contributed by atoms with Crippen molar-refractivity contribution in [1.29, 1.82) is 0 Å². The third-order valence-electron chi connectivity index (χ3n) is 4.94. The molecule has 1 N–H and O–H groups in total. The Hall–Kier alpha value is -3.77. The number of amides is 1. The molecule has 6 heteroatoms. The minimum Gasteiger partial charge on any atom is -0.455 e. The van der Waals surface area contributed by atoms with Crippen LogP contribution < -0.4 is 5.32 Å². The number of rotatable bonds is 8. The number of nitrogens with zero attached hydrogens (tertiary/aromatic N) is 1. The molecule has 0 atom stereocenters. The lowest BCUT2D eigenvalue weighted by Crippen LogP contribution is -2.22. The summed E-state index contributed by atoms with van der Waals surface area (Å²) in [5.41, 5.74) is 2.59. The predicted octanol–water partition coefficient (Wildman–Crippen LogP) is 6.01. The summed E-state index contributed by atoms with van der Waals surface area (Å²) in [5, 5.41) is 2.69. The first kappa shape index (κ1) is 21.5. The van der Waals surface area contributed by atoms with Crippen LogP contribution in [-0.4, -0.2) is 10.8 Å². The summed E-state index contributed by atoms with van der Waals surface area (Å²) >= 11 is 0. The molecule has 32 heavy (non-hydrogen) atoms. The van der Waals surface area contributed by atoms with Crippen molar-refractivity contribution < 1.29 is 18.0 Å². The molecule has 1 amide bonds. The highest BCUT2D eigenvalue weighted by atomic mass is 19.1. The Kier molecular flexibility index (Phi) is 6.72. The van der Waals surface area contributed by atoms with Crippen LogP contribution in [0.5, 0.6) is 0 Å². The molecule has 0 radical (unpaired) electrons. The molecule has 0 saturated heterocycles. The van der Waals surface area contributed by atoms with E-state index < -0.39 is 5.91 Å². The van der Waals surface area contributed by atoms with E-state index in [9.17, 15) is 13.6 Å². The lowest BCUT2D eigenvalue weighted by molar-refractivity contribution is 0.0992. The molecule has 0 spiro atoms. The number of hydrogen-bond donors (Lipinski definition) is 1. The Morgan fingerprint density at radius 2 is 1.31 bits per heavy atom. The molecule has 4 nitrogen and oxygen atoms in total. The number of furan rings is 1. The van der Waals surface area contributed by atoms with E-state index in [2.05, 4.69) is 10.2 Å². The van der Waals surface area contributed by atoms with E-state index >= 15 is 0 Å². The van der Waals surface area contributed by atoms with Crippen molar-refractivity contribution in [2.75, 3.05) is 5.32 Å². The molecule has 0 aliphatic heterocycles. The summed E-state index contributed by atoms with van der Waals surface area (Å²) in [6.45, 7) is 1.72. The molecule has 0 aliphatic rings. The second-order valence-electron chi connectivity index (χ2n) is 7.48. The number of nitrogens with one attached hydrogen (secondary N) is 1. The van der Waals surface area contributed by atoms with Crippen LogP contribution in [0.1, 0.15) is 27.4 Å². The molecular weight excluding hydrogens is 410 g/mol. The van der Waals surface area contributed by atoms with Gasteiger partial charge in [-0.25, -0.2) is 8.78 Å². The number of carbonyl (C=O) groups is 1. The standard InChI is InChI=1S/C26H22F2N2O2/c27-21-8-6-20(7-9-21)17-30(16-19-4-2-1-3-5-19)18-24-14-15-25(32-24)26(31)29-23-12-10-22(28)11-13-23/h1-15H,16-18H2,(H,29,31). The third kappa shape index (κ3) is 5.89. The van der Waals surface area contributed by atoms with E-state index in [4.69, 9.17) is 4.42 Å². The van der Waals surface area contributed by atoms with Gasteiger partial charge < -0.3 is 9.73 Å². The van der Waals surface area contributed by atoms with Crippen LogP contribution in [0.15, 0.2) is 95.4 Å². The smallest absolute Gasteiger partial charge is 0.291 e. The fourth-order valence-corrected chi connectivity index (χ4v) is 3.39. The highest BCUT2D eigenvalue weighted by molar-refractivity contribution is 6.02. The van der Waals surface area contributed by atoms with E-state index in [1.807, 2.05) is 30.3 Å². The van der Waals surface area contributed by atoms with Crippen LogP contribution in [0.2, 0.25) is 0 Å². The van der Waals surface area contributed by atoms with Crippen LogP contribution in [-0.2, 0) is 19.6 Å². The van der Waals surface area contributed by atoms with Crippen LogP contribution in [0, 0.1) is 11.6 Å². The predicted molar refractivity (Wildman–Crippen MR) is 119 cm³/mol. The molecule has 1 aromatic heterocycles. The lowest BCUT2D eigenvalue weighted by atomic mass is 10.1. The van der Waals surface area contributed by atoms with Crippen molar-refractivity contribution >= 4 is 11.6 Å². The van der Waals surface area contributed by atoms with Crippen molar-refractivity contribution in [3.63, 3.8) is 0 Å². The molecule has 0 bridgehead atoms. The van der Waals surface area contributed by atoms with Gasteiger partial charge >= 0.3 is 0 Å². The van der Waals surface area contributed by atoms with Crippen molar-refractivity contribution in [2.24, 2.45) is 0 Å². The number of halogens is 2. The Bertz CT molecular complexity index is 1160. The average Bonchev–Trinajstić information content (AvgIpc) is 3.26. The summed E-state index contributed by atoms with van der Waals surface area (Å²) in [6, 6.07) is 25.3. The number of carbonyl (C=O) groups excluding carboxylic acids is 1. The maximum atomic E-state index is 13.3. The fourth-order valence-electron chi connectivity index (χ4n) is 3.39. The van der Waals surface area contributed by atoms with Gasteiger partial charge in [-0.2, -0.15) is 0 Å². The van der Waals surface area contributed by atoms with Crippen LogP contribution >= 0.6 is 0 Å². The molecule has 4 rings (SSSR count). The maximum Gasteiger partial charge on any atom is 0.291 e. The highest BCUT2D eigenvalue weighted by Gasteiger charge is 2.15. The van der Waals surface area contributed by atoms with Gasteiger partial charge in [-0.05, 0) is 59.7 Å². The average molecular weight is 432 g/mol. The number of hydrogen-bond acceptors (Lipinski definition) is 3. The van der Waals surface area contributed by atoms with Crippen molar-refractivity contribution in [1.82, 2.24) is 4.90 Å². The molecule has 0 aliphatic carbocycles. The zero-order valence-corrected chi connectivity index (χ0v) is 17.3. The van der Waals surface area contributed by atoms with Gasteiger partial charge in [-0.15, -0.1) is 0 Å². The molecule has 0 saturated carbocycles. The van der Waals surface area contributed by atoms with E-state index in [1.54, 1.807) is 24.3 Å². The van der Waals surface area contributed by atoms with Gasteiger partial charge in [0, 0.05) is 18.8 Å². The minimum absolute atomic E-state index is 0.172. The van der Waals surface area contributed by atoms with Crippen molar-refractivity contribution in [3.05, 3.63) is 125 Å². The third-order valence-corrected chi connectivity index (χ3v) is 4.94. The molecule has 3 aromatic carbocycles. The summed E-state index contributed by atoms with van der Waals surface area (Å²) < 4.78 is 32.1. The molecule has 0 fully saturated rings. The van der Waals surface area contributed by atoms with E-state index in [-0.39, 0.29) is 17.4 Å². The first-order valence-corrected chi connectivity index (χ1v) is 10.2. The summed E-state index contributed by atoms with van der Waals surface area (Å²) in [6.07, 6.45) is 0. The fraction of sp³-hybridized carbons (Fsp3) is 0.115. The first-order chi connectivity index (χ1) is 15.5. The zero-order chi connectivity index (χ0) is 22.3. The minimum atomic E-state index is -0.406. The molecule has 162 valence electrons. The normalized spacial score (nSPS) is 11.0. The van der Waals surface area contributed by atoms with Crippen LogP contribution in [0.25, 0.3) is 0 Å². The summed E-state index contributed by atoms with van der Waals surface area (Å²) in [4.78, 5) is 14.6. The monoisotopic (exact) mass is 432 g/mol. The second-order valence-corrected chi connectivity index (χ2v) is 7.48. The number of anilines is 1. The Balaban J connectivity index is 1.46. The van der Waals surface area contributed by atoms with Gasteiger partial charge in [0.25, 0.3) is 5.91 Å². The Morgan fingerprint density at radius 3 is 1.97 bits per heavy atom. The van der Waals surface area contributed by atoms with Gasteiger partial charge in [0.2, 0.25) is 0 Å². The summed E-state index contributed by atoms with van der Waals surface area (Å²) in [5.74, 6) is -0.247. The van der Waals surface area contributed by atoms with Crippen molar-refractivity contribution in [2.45, 2.75) is 19.6 Å². The van der Waals surface area contributed by atoms with Crippen LogP contribution in [0.4, 0.5) is 14.5 Å². The SMILES string of the molecule is O=C(Nc1ccc(F)cc1)c1ccc(CN(Cc2ccccc2)Cc2ccc(F)cc2)o1. The molecule has 1 heterocycles. The lowest BCUT2D eigenvalue weighted by Gasteiger charge is -2.21. The van der Waals surface area contributed by atoms with E-state index in [0.717, 1.165) is 11.1 Å². The second kappa shape index (κ2) is 10.0. The largest absolute Gasteiger partial charge is 0.455 e. The van der Waals surface area contributed by atoms with Gasteiger partial charge in [-0.3, -0.25) is 9.69 Å². The summed E-state index contributed by atoms with van der Waals surface area (Å²) in [7, 11) is 0. The van der Waals surface area contributed by atoms with Crippen LogP contribution in [0.3, 0.4) is 0 Å². The van der Waals surface area contributed by atoms with E-state index in [1.165, 1.54) is 36.4 Å². The zero-order valence-electron chi connectivity index (χ0n) is 17.3. The van der Waals surface area contributed by atoms with Gasteiger partial charge in [-0.1, -0.05) is 42.5 Å². The molecule has 4 aromatic rings. The van der Waals surface area contributed by atoms with Gasteiger partial charge in [0.15, 0.2) is 5.76 Å². The van der Waals surface area contributed by atoms with Gasteiger partial charge in [0.05, 0.1) is 6.54 Å². The topological polar surface area (TPSA) is 45.5 Å². The first-order valence-electron chi connectivity index (χ1n) is 10.2. The number of benzene rings is 3. The quantitative estimate of drug-likeness (QED) is 0.371. The Morgan fingerprint density at radius 1 is 0.719 bits per heavy atom. The van der Waals surface area contributed by atoms with Gasteiger partial charge in [0.1, 0.15) is 17.4 Å². The van der Waals surface area contributed by atoms with E-state index in [0.29, 0.717) is 31.1 Å². The highest BCUT2D eigenvalue weighted by Crippen LogP contribution is 2.18. The Labute approximate surface area is 185 Å². The molecule has 0 unspecified atom stereocenters. The molecular formula is C26H22F2N2O2. The maximum absolute atomic E-state index is 13.3.